The number of benzene rings is 2. The summed E-state index contributed by atoms with van der Waals surface area (Å²) in [5.41, 5.74) is 5.63. The zero-order chi connectivity index (χ0) is 21.9. The Morgan fingerprint density at radius 2 is 1.00 bits per heavy atom. The summed E-state index contributed by atoms with van der Waals surface area (Å²) in [5.74, 6) is 0.688. The molecule has 0 radical (unpaired) electrons. The van der Waals surface area contributed by atoms with Crippen LogP contribution in [-0.2, 0) is 38.1 Å². The van der Waals surface area contributed by atoms with Gasteiger partial charge < -0.3 is 10.2 Å². The van der Waals surface area contributed by atoms with Gasteiger partial charge in [-0.15, -0.1) is 0 Å². The van der Waals surface area contributed by atoms with E-state index in [-0.39, 0.29) is 10.8 Å². The average molecular weight is 503 g/mol. The topological polar surface area (TPSA) is 40.5 Å². The Hall–Kier alpha value is -0.497. The fourth-order valence-electron chi connectivity index (χ4n) is 3.33. The quantitative estimate of drug-likeness (QED) is 0.453. The molecule has 2 nitrogen and oxygen atoms in total. The number of hydrogen-bond acceptors (Lipinski definition) is 2. The van der Waals surface area contributed by atoms with Crippen molar-refractivity contribution in [3.05, 3.63) is 57.6 Å². The molecule has 0 atom stereocenters. The second-order valence-electron chi connectivity index (χ2n) is 9.39. The van der Waals surface area contributed by atoms with Crippen LogP contribution in [0.2, 0.25) is 0 Å². The fourth-order valence-corrected chi connectivity index (χ4v) is 3.33. The molecule has 2 aromatic rings. The van der Waals surface area contributed by atoms with E-state index in [0.29, 0.717) is 17.9 Å². The summed E-state index contributed by atoms with van der Waals surface area (Å²) in [5, 5.41) is 21.6. The van der Waals surface area contributed by atoms with Gasteiger partial charge in [-0.2, -0.15) is 0 Å². The molecular weight excluding hydrogens is 470 g/mol. The minimum absolute atomic E-state index is 0.129. The van der Waals surface area contributed by atoms with Crippen molar-refractivity contribution in [1.29, 1.82) is 0 Å². The molecule has 2 N–H and O–H groups in total. The summed E-state index contributed by atoms with van der Waals surface area (Å²) in [6, 6.07) is 8.14. The first-order valence-corrected chi connectivity index (χ1v) is 15.7. The predicted molar refractivity (Wildman–Crippen MR) is 118 cm³/mol. The molecule has 2 rings (SSSR count). The van der Waals surface area contributed by atoms with Gasteiger partial charge in [-0.25, -0.2) is 0 Å². The van der Waals surface area contributed by atoms with E-state index in [0.717, 1.165) is 33.4 Å². The Bertz CT molecular complexity index is 751. The van der Waals surface area contributed by atoms with Gasteiger partial charge in [-0.05, 0) is 46.9 Å². The van der Waals surface area contributed by atoms with Gasteiger partial charge in [0, 0.05) is 6.42 Å². The first-order valence-electron chi connectivity index (χ1n) is 9.34. The van der Waals surface area contributed by atoms with Crippen molar-refractivity contribution in [1.82, 2.24) is 0 Å². The van der Waals surface area contributed by atoms with Crippen LogP contribution in [0.25, 0.3) is 0 Å². The van der Waals surface area contributed by atoms with Gasteiger partial charge in [0.1, 0.15) is 11.5 Å². The Balaban J connectivity index is 0.00000122. The molecule has 0 saturated heterocycles. The average Bonchev–Trinajstić information content (AvgIpc) is 2.52. The Morgan fingerprint density at radius 1 is 0.714 bits per heavy atom. The zero-order valence-electron chi connectivity index (χ0n) is 18.2. The van der Waals surface area contributed by atoms with Gasteiger partial charge in [-0.1, -0.05) is 76.9 Å². The summed E-state index contributed by atoms with van der Waals surface area (Å²) in [4.78, 5) is 0. The molecule has 0 aliphatic rings. The van der Waals surface area contributed by atoms with E-state index in [1.165, 1.54) is 0 Å². The van der Waals surface area contributed by atoms with Crippen molar-refractivity contribution in [2.75, 3.05) is 0 Å². The monoisotopic (exact) mass is 500 g/mol. The number of aromatic hydroxyl groups is 2. The molecule has 0 spiro atoms. The van der Waals surface area contributed by atoms with Crippen molar-refractivity contribution >= 4 is 17.0 Å². The van der Waals surface area contributed by atoms with Crippen molar-refractivity contribution in [2.24, 2.45) is 0 Å². The Kier molecular flexibility index (Phi) is 9.13. The third-order valence-electron chi connectivity index (χ3n) is 4.66. The maximum absolute atomic E-state index is 10.8. The second-order valence-corrected chi connectivity index (χ2v) is 13.1. The van der Waals surface area contributed by atoms with Crippen LogP contribution in [0.4, 0.5) is 0 Å². The van der Waals surface area contributed by atoms with Crippen molar-refractivity contribution in [3.8, 4) is 11.5 Å². The molecule has 0 heterocycles. The second kappa shape index (κ2) is 10.0. The standard InChI is InChI=1S/C23H32O2.2ClH.Zr/c1-14-9-16(20(24)18(11-14)22(3,4)5)13-17-10-15(2)12-19(21(17)25)23(6,7)8;;;/h9-12,24-25H,13H2,1-8H3;2*1H;/q;;;+2/p-2. The summed E-state index contributed by atoms with van der Waals surface area (Å²) < 4.78 is 0. The van der Waals surface area contributed by atoms with E-state index >= 15 is 0 Å². The molecule has 5 heteroatoms. The van der Waals surface area contributed by atoms with Gasteiger partial charge in [0.05, 0.1) is 0 Å². The first kappa shape index (κ1) is 25.5. The molecule has 28 heavy (non-hydrogen) atoms. The van der Waals surface area contributed by atoms with E-state index in [1.807, 2.05) is 12.1 Å². The van der Waals surface area contributed by atoms with Gasteiger partial charge in [0.2, 0.25) is 0 Å². The molecule has 2 aromatic carbocycles. The minimum atomic E-state index is -0.826. The van der Waals surface area contributed by atoms with Crippen LogP contribution in [0.3, 0.4) is 0 Å². The van der Waals surface area contributed by atoms with Crippen LogP contribution in [0.1, 0.15) is 74.9 Å². The molecule has 0 aromatic heterocycles. The third-order valence-corrected chi connectivity index (χ3v) is 4.66. The van der Waals surface area contributed by atoms with Crippen LogP contribution in [0.5, 0.6) is 11.5 Å². The number of rotatable bonds is 2. The van der Waals surface area contributed by atoms with Crippen LogP contribution >= 0.6 is 17.0 Å². The molecule has 0 amide bonds. The zero-order valence-corrected chi connectivity index (χ0v) is 22.1. The molecule has 0 unspecified atom stereocenters. The normalized spacial score (nSPS) is 11.6. The third kappa shape index (κ3) is 6.79. The van der Waals surface area contributed by atoms with Crippen molar-refractivity contribution in [3.63, 3.8) is 0 Å². The molecule has 0 fully saturated rings. The Labute approximate surface area is 189 Å². The van der Waals surface area contributed by atoms with E-state index in [9.17, 15) is 10.2 Å². The Morgan fingerprint density at radius 3 is 1.25 bits per heavy atom. The summed E-state index contributed by atoms with van der Waals surface area (Å²) >= 11 is -0.826. The fraction of sp³-hybridized carbons (Fsp3) is 0.478. The van der Waals surface area contributed by atoms with Gasteiger partial charge in [-0.3, -0.25) is 0 Å². The van der Waals surface area contributed by atoms with Crippen LogP contribution in [0, 0.1) is 13.8 Å². The van der Waals surface area contributed by atoms with Crippen molar-refractivity contribution in [2.45, 2.75) is 72.6 Å². The molecular formula is C23H32Cl2O2Zr. The molecule has 0 saturated carbocycles. The number of halogens is 2. The predicted octanol–water partition coefficient (Wildman–Crippen LogP) is 7.28. The molecule has 0 aliphatic carbocycles. The number of hydrogen-bond donors (Lipinski definition) is 2. The van der Waals surface area contributed by atoms with E-state index in [2.05, 4.69) is 67.5 Å². The van der Waals surface area contributed by atoms with E-state index in [4.69, 9.17) is 17.0 Å². The number of aryl methyl sites for hydroxylation is 2. The van der Waals surface area contributed by atoms with Crippen LogP contribution < -0.4 is 0 Å². The summed E-state index contributed by atoms with van der Waals surface area (Å²) in [6.07, 6.45) is 0.521. The van der Waals surface area contributed by atoms with Crippen molar-refractivity contribution < 1.29 is 31.1 Å². The van der Waals surface area contributed by atoms with E-state index in [1.54, 1.807) is 0 Å². The van der Waals surface area contributed by atoms with E-state index < -0.39 is 20.8 Å². The first-order chi connectivity index (χ1) is 12.7. The summed E-state index contributed by atoms with van der Waals surface area (Å²) in [7, 11) is 9.87. The van der Waals surface area contributed by atoms with Gasteiger partial charge >= 0.3 is 37.9 Å². The van der Waals surface area contributed by atoms with Crippen LogP contribution in [-0.4, -0.2) is 10.2 Å². The van der Waals surface area contributed by atoms with Gasteiger partial charge in [0.25, 0.3) is 0 Å². The SMILES string of the molecule is Cc1cc(Cc2cc(C)cc(C(C)(C)C)c2O)c(O)c(C(C)(C)C)c1.[Cl][Zr][Cl]. The van der Waals surface area contributed by atoms with Crippen LogP contribution in [0.15, 0.2) is 24.3 Å². The number of phenolic OH excluding ortho intramolecular Hbond substituents is 2. The maximum atomic E-state index is 10.8. The molecule has 0 aliphatic heterocycles. The molecule has 154 valence electrons. The summed E-state index contributed by atoms with van der Waals surface area (Å²) in [6.45, 7) is 16.7. The van der Waals surface area contributed by atoms with Gasteiger partial charge in [0.15, 0.2) is 0 Å². The number of phenols is 2. The molecule has 0 bridgehead atoms.